The summed E-state index contributed by atoms with van der Waals surface area (Å²) < 4.78 is 5.00. The molecule has 0 amide bonds. The van der Waals surface area contributed by atoms with Crippen molar-refractivity contribution in [1.82, 2.24) is 15.5 Å². The summed E-state index contributed by atoms with van der Waals surface area (Å²) in [5.41, 5.74) is 0. The standard InChI is InChI=1S/C8H15N3OS/c1-6(2)13-5-7-10-8(4-9-3)12-11-7/h6,9H,4-5H2,1-3H3. The second-order valence-electron chi connectivity index (χ2n) is 2.99. The monoisotopic (exact) mass is 201 g/mol. The summed E-state index contributed by atoms with van der Waals surface area (Å²) in [6.07, 6.45) is 0. The van der Waals surface area contributed by atoms with Crippen LogP contribution in [0.15, 0.2) is 4.52 Å². The zero-order valence-electron chi connectivity index (χ0n) is 8.20. The normalized spacial score (nSPS) is 11.1. The van der Waals surface area contributed by atoms with Crippen LogP contribution in [0.5, 0.6) is 0 Å². The fourth-order valence-corrected chi connectivity index (χ4v) is 1.41. The van der Waals surface area contributed by atoms with Gasteiger partial charge in [0.2, 0.25) is 5.89 Å². The molecule has 0 aliphatic carbocycles. The molecular formula is C8H15N3OS. The molecule has 13 heavy (non-hydrogen) atoms. The second-order valence-corrected chi connectivity index (χ2v) is 4.56. The molecule has 1 rings (SSSR count). The van der Waals surface area contributed by atoms with Gasteiger partial charge in [-0.05, 0) is 12.3 Å². The van der Waals surface area contributed by atoms with Crippen LogP contribution in [0, 0.1) is 0 Å². The van der Waals surface area contributed by atoms with Gasteiger partial charge in [-0.1, -0.05) is 19.0 Å². The summed E-state index contributed by atoms with van der Waals surface area (Å²) in [7, 11) is 1.85. The number of nitrogens with one attached hydrogen (secondary N) is 1. The van der Waals surface area contributed by atoms with Crippen molar-refractivity contribution in [3.8, 4) is 0 Å². The molecule has 0 saturated heterocycles. The Morgan fingerprint density at radius 2 is 2.31 bits per heavy atom. The molecule has 0 aliphatic heterocycles. The van der Waals surface area contributed by atoms with Crippen molar-refractivity contribution in [2.45, 2.75) is 31.4 Å². The van der Waals surface area contributed by atoms with Crippen molar-refractivity contribution < 1.29 is 4.52 Å². The van der Waals surface area contributed by atoms with Crippen LogP contribution in [0.4, 0.5) is 0 Å². The third-order valence-corrected chi connectivity index (χ3v) is 2.48. The first kappa shape index (κ1) is 10.5. The van der Waals surface area contributed by atoms with Gasteiger partial charge in [0.05, 0.1) is 12.3 Å². The molecule has 74 valence electrons. The average molecular weight is 201 g/mol. The predicted molar refractivity (Wildman–Crippen MR) is 53.5 cm³/mol. The van der Waals surface area contributed by atoms with E-state index >= 15 is 0 Å². The van der Waals surface area contributed by atoms with Gasteiger partial charge < -0.3 is 9.84 Å². The van der Waals surface area contributed by atoms with E-state index in [1.807, 2.05) is 18.8 Å². The Morgan fingerprint density at radius 3 is 2.92 bits per heavy atom. The highest BCUT2D eigenvalue weighted by Crippen LogP contribution is 2.14. The van der Waals surface area contributed by atoms with Crippen LogP contribution >= 0.6 is 11.8 Å². The molecule has 0 spiro atoms. The van der Waals surface area contributed by atoms with E-state index in [4.69, 9.17) is 4.52 Å². The number of rotatable bonds is 5. The number of thioether (sulfide) groups is 1. The molecule has 0 bridgehead atoms. The Balaban J connectivity index is 2.39. The molecule has 0 saturated carbocycles. The third kappa shape index (κ3) is 3.78. The van der Waals surface area contributed by atoms with Crippen LogP contribution in [0.3, 0.4) is 0 Å². The van der Waals surface area contributed by atoms with Crippen LogP contribution in [0.2, 0.25) is 0 Å². The molecule has 1 heterocycles. The van der Waals surface area contributed by atoms with Crippen molar-refractivity contribution in [2.75, 3.05) is 7.05 Å². The third-order valence-electron chi connectivity index (χ3n) is 1.38. The highest BCUT2D eigenvalue weighted by molar-refractivity contribution is 7.99. The fourth-order valence-electron chi connectivity index (χ4n) is 0.813. The summed E-state index contributed by atoms with van der Waals surface area (Å²) in [6.45, 7) is 4.94. The molecule has 1 aromatic rings. The highest BCUT2D eigenvalue weighted by Gasteiger charge is 2.05. The number of hydrogen-bond acceptors (Lipinski definition) is 5. The summed E-state index contributed by atoms with van der Waals surface area (Å²) in [5.74, 6) is 2.26. The molecule has 1 N–H and O–H groups in total. The molecule has 5 heteroatoms. The lowest BCUT2D eigenvalue weighted by Crippen LogP contribution is -2.05. The maximum atomic E-state index is 5.00. The van der Waals surface area contributed by atoms with Crippen molar-refractivity contribution >= 4 is 11.8 Å². The quantitative estimate of drug-likeness (QED) is 0.781. The van der Waals surface area contributed by atoms with Gasteiger partial charge in [0.25, 0.3) is 0 Å². The zero-order chi connectivity index (χ0) is 9.68. The van der Waals surface area contributed by atoms with Crippen LogP contribution in [-0.4, -0.2) is 22.4 Å². The van der Waals surface area contributed by atoms with E-state index in [0.717, 1.165) is 11.6 Å². The summed E-state index contributed by atoms with van der Waals surface area (Å²) in [5, 5.41) is 7.42. The van der Waals surface area contributed by atoms with Crippen molar-refractivity contribution in [1.29, 1.82) is 0 Å². The SMILES string of the molecule is CNCc1nc(CSC(C)C)no1. The Labute approximate surface area is 82.5 Å². The first-order valence-electron chi connectivity index (χ1n) is 4.30. The van der Waals surface area contributed by atoms with Crippen molar-refractivity contribution in [3.05, 3.63) is 11.7 Å². The van der Waals surface area contributed by atoms with E-state index in [1.54, 1.807) is 0 Å². The van der Waals surface area contributed by atoms with Gasteiger partial charge in [-0.3, -0.25) is 0 Å². The number of aromatic nitrogens is 2. The number of nitrogens with zero attached hydrogens (tertiary/aromatic N) is 2. The minimum Gasteiger partial charge on any atom is -0.338 e. The topological polar surface area (TPSA) is 51.0 Å². The lowest BCUT2D eigenvalue weighted by molar-refractivity contribution is 0.368. The Bertz CT molecular complexity index is 249. The first-order valence-corrected chi connectivity index (χ1v) is 5.35. The van der Waals surface area contributed by atoms with E-state index in [9.17, 15) is 0 Å². The highest BCUT2D eigenvalue weighted by atomic mass is 32.2. The van der Waals surface area contributed by atoms with Gasteiger partial charge in [0.1, 0.15) is 0 Å². The lowest BCUT2D eigenvalue weighted by atomic mass is 10.6. The molecule has 4 nitrogen and oxygen atoms in total. The molecule has 0 aromatic carbocycles. The van der Waals surface area contributed by atoms with E-state index in [0.29, 0.717) is 17.7 Å². The summed E-state index contributed by atoms with van der Waals surface area (Å²) in [4.78, 5) is 4.21. The Kier molecular flexibility index (Phi) is 4.24. The van der Waals surface area contributed by atoms with Gasteiger partial charge in [0.15, 0.2) is 5.82 Å². The van der Waals surface area contributed by atoms with Crippen LogP contribution in [0.1, 0.15) is 25.6 Å². The van der Waals surface area contributed by atoms with Gasteiger partial charge >= 0.3 is 0 Å². The smallest absolute Gasteiger partial charge is 0.240 e. The fraction of sp³-hybridized carbons (Fsp3) is 0.750. The Morgan fingerprint density at radius 1 is 1.54 bits per heavy atom. The van der Waals surface area contributed by atoms with Crippen molar-refractivity contribution in [3.63, 3.8) is 0 Å². The summed E-state index contributed by atoms with van der Waals surface area (Å²) in [6, 6.07) is 0. The van der Waals surface area contributed by atoms with Crippen LogP contribution in [-0.2, 0) is 12.3 Å². The zero-order valence-corrected chi connectivity index (χ0v) is 9.02. The maximum absolute atomic E-state index is 5.00. The minimum atomic E-state index is 0.603. The van der Waals surface area contributed by atoms with E-state index in [-0.39, 0.29) is 0 Å². The molecule has 0 fully saturated rings. The Hall–Kier alpha value is -0.550. The second kappa shape index (κ2) is 5.24. The first-order chi connectivity index (χ1) is 6.22. The largest absolute Gasteiger partial charge is 0.338 e. The van der Waals surface area contributed by atoms with Crippen LogP contribution < -0.4 is 5.32 Å². The maximum Gasteiger partial charge on any atom is 0.240 e. The van der Waals surface area contributed by atoms with Gasteiger partial charge in [0, 0.05) is 0 Å². The molecule has 1 aromatic heterocycles. The number of hydrogen-bond donors (Lipinski definition) is 1. The molecule has 0 radical (unpaired) electrons. The molecule has 0 atom stereocenters. The van der Waals surface area contributed by atoms with E-state index < -0.39 is 0 Å². The molecule has 0 unspecified atom stereocenters. The van der Waals surface area contributed by atoms with Gasteiger partial charge in [-0.25, -0.2) is 0 Å². The van der Waals surface area contributed by atoms with E-state index in [2.05, 4.69) is 29.3 Å². The molecular weight excluding hydrogens is 186 g/mol. The minimum absolute atomic E-state index is 0.603. The summed E-state index contributed by atoms with van der Waals surface area (Å²) >= 11 is 1.81. The van der Waals surface area contributed by atoms with Gasteiger partial charge in [-0.2, -0.15) is 16.7 Å². The van der Waals surface area contributed by atoms with Gasteiger partial charge in [-0.15, -0.1) is 0 Å². The van der Waals surface area contributed by atoms with Crippen molar-refractivity contribution in [2.24, 2.45) is 0 Å². The van der Waals surface area contributed by atoms with Crippen LogP contribution in [0.25, 0.3) is 0 Å². The van der Waals surface area contributed by atoms with E-state index in [1.165, 1.54) is 0 Å². The molecule has 0 aliphatic rings. The predicted octanol–water partition coefficient (Wildman–Crippen LogP) is 1.43. The average Bonchev–Trinajstić information content (AvgIpc) is 2.50. The lowest BCUT2D eigenvalue weighted by Gasteiger charge is -1.98.